The molecule has 24 heavy (non-hydrogen) atoms. The summed E-state index contributed by atoms with van der Waals surface area (Å²) < 4.78 is 10.8. The van der Waals surface area contributed by atoms with Crippen LogP contribution < -0.4 is 4.74 Å². The van der Waals surface area contributed by atoms with Crippen LogP contribution in [0, 0.1) is 0 Å². The third kappa shape index (κ3) is 4.16. The molecule has 1 aliphatic rings. The zero-order chi connectivity index (χ0) is 16.9. The highest BCUT2D eigenvalue weighted by Gasteiger charge is 2.26. The summed E-state index contributed by atoms with van der Waals surface area (Å²) in [6, 6.07) is 10.4. The Hall–Kier alpha value is -1.40. The van der Waals surface area contributed by atoms with Crippen molar-refractivity contribution in [3.8, 4) is 5.75 Å². The molecule has 4 nitrogen and oxygen atoms in total. The quantitative estimate of drug-likeness (QED) is 0.835. The van der Waals surface area contributed by atoms with E-state index in [1.54, 1.807) is 7.11 Å². The fourth-order valence-corrected chi connectivity index (χ4v) is 4.13. The van der Waals surface area contributed by atoms with Crippen molar-refractivity contribution in [2.24, 2.45) is 0 Å². The molecule has 0 aliphatic carbocycles. The van der Waals surface area contributed by atoms with Crippen molar-refractivity contribution in [2.45, 2.75) is 32.1 Å². The number of aliphatic hydroxyl groups is 1. The number of hydrogen-bond donors (Lipinski definition) is 1. The molecule has 0 radical (unpaired) electrons. The number of methoxy groups -OCH3 is 1. The van der Waals surface area contributed by atoms with Gasteiger partial charge in [-0.05, 0) is 48.1 Å². The highest BCUT2D eigenvalue weighted by atomic mass is 32.1. The van der Waals surface area contributed by atoms with Crippen LogP contribution in [0.25, 0.3) is 0 Å². The maximum atomic E-state index is 10.3. The van der Waals surface area contributed by atoms with Crippen molar-refractivity contribution < 1.29 is 14.6 Å². The van der Waals surface area contributed by atoms with Crippen LogP contribution in [0.3, 0.4) is 0 Å². The first-order chi connectivity index (χ1) is 11.7. The second-order valence-electron chi connectivity index (χ2n) is 6.24. The molecule has 1 aromatic heterocycles. The van der Waals surface area contributed by atoms with Crippen LogP contribution in [0.4, 0.5) is 0 Å². The molecular formula is C19H25NO3S. The molecule has 0 saturated carbocycles. The van der Waals surface area contributed by atoms with E-state index in [1.807, 2.05) is 35.6 Å². The lowest BCUT2D eigenvalue weighted by molar-refractivity contribution is 0.00224. The zero-order valence-corrected chi connectivity index (χ0v) is 15.1. The van der Waals surface area contributed by atoms with Gasteiger partial charge in [-0.1, -0.05) is 12.1 Å². The van der Waals surface area contributed by atoms with Crippen LogP contribution in [0.5, 0.6) is 5.75 Å². The highest BCUT2D eigenvalue weighted by Crippen LogP contribution is 2.32. The topological polar surface area (TPSA) is 41.9 Å². The summed E-state index contributed by atoms with van der Waals surface area (Å²) in [6.45, 7) is 4.73. The van der Waals surface area contributed by atoms with E-state index in [0.29, 0.717) is 25.8 Å². The molecule has 1 N–H and O–H groups in total. The first-order valence-corrected chi connectivity index (χ1v) is 9.24. The van der Waals surface area contributed by atoms with Gasteiger partial charge in [-0.2, -0.15) is 0 Å². The van der Waals surface area contributed by atoms with Gasteiger partial charge < -0.3 is 14.6 Å². The average molecular weight is 347 g/mol. The molecule has 2 atom stereocenters. The first-order valence-electron chi connectivity index (χ1n) is 8.36. The van der Waals surface area contributed by atoms with Gasteiger partial charge in [-0.3, -0.25) is 4.90 Å². The van der Waals surface area contributed by atoms with E-state index in [0.717, 1.165) is 24.3 Å². The van der Waals surface area contributed by atoms with Crippen LogP contribution >= 0.6 is 11.3 Å². The lowest BCUT2D eigenvalue weighted by Gasteiger charge is -2.34. The monoisotopic (exact) mass is 347 g/mol. The maximum absolute atomic E-state index is 10.3. The van der Waals surface area contributed by atoms with Crippen molar-refractivity contribution >= 4 is 11.3 Å². The Bertz CT molecular complexity index is 640. The Labute approximate surface area is 147 Å². The minimum atomic E-state index is -0.467. The summed E-state index contributed by atoms with van der Waals surface area (Å²) >= 11 is 1.84. The number of β-amino-alcohol motifs (C(OH)–C–C–N with tert-alkyl or cyclic N) is 1. The largest absolute Gasteiger partial charge is 0.497 e. The van der Waals surface area contributed by atoms with Gasteiger partial charge in [0.2, 0.25) is 0 Å². The first kappa shape index (κ1) is 17.4. The molecule has 2 heterocycles. The van der Waals surface area contributed by atoms with E-state index in [9.17, 15) is 5.11 Å². The Morgan fingerprint density at radius 1 is 1.29 bits per heavy atom. The van der Waals surface area contributed by atoms with Crippen molar-refractivity contribution in [3.05, 3.63) is 51.7 Å². The van der Waals surface area contributed by atoms with E-state index >= 15 is 0 Å². The summed E-state index contributed by atoms with van der Waals surface area (Å²) in [6.07, 6.45) is 0.613. The summed E-state index contributed by atoms with van der Waals surface area (Å²) in [4.78, 5) is 3.83. The molecule has 5 heteroatoms. The Balaban J connectivity index is 1.43. The van der Waals surface area contributed by atoms with Gasteiger partial charge in [0.15, 0.2) is 0 Å². The van der Waals surface area contributed by atoms with Gasteiger partial charge in [0.05, 0.1) is 26.4 Å². The number of nitrogens with zero attached hydrogens (tertiary/aromatic N) is 1. The minimum absolute atomic E-state index is 0.353. The van der Waals surface area contributed by atoms with E-state index in [-0.39, 0.29) is 0 Å². The number of aliphatic hydroxyl groups excluding tert-OH is 1. The van der Waals surface area contributed by atoms with E-state index in [4.69, 9.17) is 9.47 Å². The fourth-order valence-electron chi connectivity index (χ4n) is 3.17. The Morgan fingerprint density at radius 2 is 2.08 bits per heavy atom. The van der Waals surface area contributed by atoms with Crippen molar-refractivity contribution in [2.75, 3.05) is 26.8 Å². The predicted octanol–water partition coefficient (Wildman–Crippen LogP) is 3.25. The smallest absolute Gasteiger partial charge is 0.118 e. The summed E-state index contributed by atoms with van der Waals surface area (Å²) in [5.74, 6) is 0.839. The van der Waals surface area contributed by atoms with Crippen LogP contribution in [0.2, 0.25) is 0 Å². The van der Waals surface area contributed by atoms with E-state index in [2.05, 4.69) is 23.3 Å². The lowest BCUT2D eigenvalue weighted by atomic mass is 10.0. The number of thiophene rings is 1. The normalized spacial score (nSPS) is 19.0. The molecule has 0 unspecified atom stereocenters. The highest BCUT2D eigenvalue weighted by molar-refractivity contribution is 7.10. The van der Waals surface area contributed by atoms with Gasteiger partial charge >= 0.3 is 0 Å². The number of benzene rings is 1. The predicted molar refractivity (Wildman–Crippen MR) is 96.7 cm³/mol. The molecular weight excluding hydrogens is 322 g/mol. The Kier molecular flexibility index (Phi) is 5.89. The summed E-state index contributed by atoms with van der Waals surface area (Å²) in [5, 5.41) is 12.5. The van der Waals surface area contributed by atoms with Crippen LogP contribution in [0.15, 0.2) is 35.7 Å². The molecule has 0 fully saturated rings. The second-order valence-corrected chi connectivity index (χ2v) is 7.24. The zero-order valence-electron chi connectivity index (χ0n) is 14.3. The van der Waals surface area contributed by atoms with Crippen molar-refractivity contribution in [3.63, 3.8) is 0 Å². The molecule has 0 bridgehead atoms. The lowest BCUT2D eigenvalue weighted by Crippen LogP contribution is -2.40. The average Bonchev–Trinajstić information content (AvgIpc) is 3.07. The molecule has 0 saturated heterocycles. The molecule has 0 spiro atoms. The fraction of sp³-hybridized carbons (Fsp3) is 0.474. The SMILES string of the molecule is COc1ccc(COC[C@@H](O)CN2CCc3sccc3[C@@H]2C)cc1. The Morgan fingerprint density at radius 3 is 2.83 bits per heavy atom. The van der Waals surface area contributed by atoms with Crippen molar-refractivity contribution in [1.82, 2.24) is 4.90 Å². The molecule has 2 aromatic rings. The van der Waals surface area contributed by atoms with Gasteiger partial charge in [0.25, 0.3) is 0 Å². The van der Waals surface area contributed by atoms with Crippen LogP contribution in [-0.4, -0.2) is 42.9 Å². The third-order valence-electron chi connectivity index (χ3n) is 4.59. The van der Waals surface area contributed by atoms with E-state index < -0.39 is 6.10 Å². The maximum Gasteiger partial charge on any atom is 0.118 e. The standard InChI is InChI=1S/C19H25NO3S/c1-14-18-8-10-24-19(18)7-9-20(14)11-16(21)13-23-12-15-3-5-17(22-2)6-4-15/h3-6,8,10,14,16,21H,7,9,11-13H2,1-2H3/t14-,16-/m0/s1. The molecule has 0 amide bonds. The molecule has 1 aliphatic heterocycles. The summed E-state index contributed by atoms with van der Waals surface area (Å²) in [5.41, 5.74) is 2.50. The van der Waals surface area contributed by atoms with Gasteiger partial charge in [0, 0.05) is 24.0 Å². The van der Waals surface area contributed by atoms with E-state index in [1.165, 1.54) is 10.4 Å². The molecule has 1 aromatic carbocycles. The third-order valence-corrected chi connectivity index (χ3v) is 5.58. The van der Waals surface area contributed by atoms with Gasteiger partial charge in [-0.15, -0.1) is 11.3 Å². The number of ether oxygens (including phenoxy) is 2. The van der Waals surface area contributed by atoms with Gasteiger partial charge in [0.1, 0.15) is 5.75 Å². The second kappa shape index (κ2) is 8.12. The van der Waals surface area contributed by atoms with Crippen LogP contribution in [-0.2, 0) is 17.8 Å². The van der Waals surface area contributed by atoms with Gasteiger partial charge in [-0.25, -0.2) is 0 Å². The molecule has 130 valence electrons. The number of hydrogen-bond acceptors (Lipinski definition) is 5. The number of fused-ring (bicyclic) bond motifs is 1. The summed E-state index contributed by atoms with van der Waals surface area (Å²) in [7, 11) is 1.66. The number of rotatable bonds is 7. The minimum Gasteiger partial charge on any atom is -0.497 e. The van der Waals surface area contributed by atoms with Crippen molar-refractivity contribution in [1.29, 1.82) is 0 Å². The molecule has 3 rings (SSSR count). The van der Waals surface area contributed by atoms with Crippen LogP contribution in [0.1, 0.15) is 29.0 Å².